The monoisotopic (exact) mass is 400 g/mol. The standard InChI is InChI=1S/C19H17ClN4O4/c1-27-14-8-7-13(9-15(14)28-2)24-18(25)16-17(19(24)26)23(22-21-16)10-11-3-5-12(20)6-4-11/h3-9,16-17H,10H2,1-2H3/t16-,17-/m1/s1. The van der Waals surface area contributed by atoms with E-state index in [-0.39, 0.29) is 5.91 Å². The molecule has 2 aliphatic heterocycles. The van der Waals surface area contributed by atoms with E-state index in [1.807, 2.05) is 12.1 Å². The van der Waals surface area contributed by atoms with Crippen LogP contribution in [0.25, 0.3) is 0 Å². The summed E-state index contributed by atoms with van der Waals surface area (Å²) in [6.45, 7) is 0.348. The van der Waals surface area contributed by atoms with E-state index in [9.17, 15) is 9.59 Å². The number of ether oxygens (including phenoxy) is 2. The van der Waals surface area contributed by atoms with E-state index in [0.29, 0.717) is 28.8 Å². The maximum atomic E-state index is 13.1. The first-order chi connectivity index (χ1) is 13.5. The van der Waals surface area contributed by atoms with Gasteiger partial charge in [-0.05, 0) is 29.8 Å². The third-order valence-electron chi connectivity index (χ3n) is 4.74. The molecule has 0 saturated carbocycles. The van der Waals surface area contributed by atoms with Gasteiger partial charge in [-0.25, -0.2) is 4.90 Å². The molecule has 2 aliphatic rings. The van der Waals surface area contributed by atoms with Crippen LogP contribution in [0.3, 0.4) is 0 Å². The summed E-state index contributed by atoms with van der Waals surface area (Å²) in [6, 6.07) is 10.5. The van der Waals surface area contributed by atoms with Crippen LogP contribution in [-0.2, 0) is 16.1 Å². The molecule has 1 fully saturated rings. The Labute approximate surface area is 166 Å². The molecular formula is C19H17ClN4O4. The normalized spacial score (nSPS) is 20.7. The van der Waals surface area contributed by atoms with Crippen LogP contribution in [0.5, 0.6) is 11.5 Å². The summed E-state index contributed by atoms with van der Waals surface area (Å²) in [7, 11) is 3.01. The average molecular weight is 401 g/mol. The van der Waals surface area contributed by atoms with Gasteiger partial charge in [0, 0.05) is 11.1 Å². The first kappa shape index (κ1) is 18.2. The lowest BCUT2D eigenvalue weighted by Crippen LogP contribution is -2.39. The van der Waals surface area contributed by atoms with Gasteiger partial charge in [0.05, 0.1) is 26.5 Å². The van der Waals surface area contributed by atoms with Gasteiger partial charge in [0.1, 0.15) is 0 Å². The second-order valence-corrected chi connectivity index (χ2v) is 6.81. The fourth-order valence-electron chi connectivity index (χ4n) is 3.35. The van der Waals surface area contributed by atoms with E-state index in [1.54, 1.807) is 30.3 Å². The minimum Gasteiger partial charge on any atom is -0.493 e. The van der Waals surface area contributed by atoms with Gasteiger partial charge in [0.2, 0.25) is 0 Å². The van der Waals surface area contributed by atoms with Crippen molar-refractivity contribution in [2.45, 2.75) is 18.6 Å². The van der Waals surface area contributed by atoms with Gasteiger partial charge in [-0.2, -0.15) is 5.11 Å². The van der Waals surface area contributed by atoms with Gasteiger partial charge in [-0.15, -0.1) is 0 Å². The number of anilines is 1. The summed E-state index contributed by atoms with van der Waals surface area (Å²) in [6.07, 6.45) is 0. The number of amides is 2. The van der Waals surface area contributed by atoms with E-state index in [0.717, 1.165) is 10.5 Å². The lowest BCUT2D eigenvalue weighted by atomic mass is 10.1. The molecule has 0 N–H and O–H groups in total. The molecular weight excluding hydrogens is 384 g/mol. The van der Waals surface area contributed by atoms with Crippen LogP contribution in [0.15, 0.2) is 52.8 Å². The molecule has 2 heterocycles. The number of carbonyl (C=O) groups is 2. The van der Waals surface area contributed by atoms with Gasteiger partial charge in [0.15, 0.2) is 23.6 Å². The van der Waals surface area contributed by atoms with Crippen LogP contribution in [0.1, 0.15) is 5.56 Å². The fraction of sp³-hybridized carbons (Fsp3) is 0.263. The number of imide groups is 1. The van der Waals surface area contributed by atoms with Crippen molar-refractivity contribution in [1.82, 2.24) is 5.01 Å². The van der Waals surface area contributed by atoms with E-state index < -0.39 is 18.0 Å². The Bertz CT molecular complexity index is 963. The highest BCUT2D eigenvalue weighted by atomic mass is 35.5. The summed E-state index contributed by atoms with van der Waals surface area (Å²) in [5, 5.41) is 10.2. The summed E-state index contributed by atoms with van der Waals surface area (Å²) < 4.78 is 10.5. The number of rotatable bonds is 5. The molecule has 0 aliphatic carbocycles. The first-order valence-corrected chi connectivity index (χ1v) is 8.93. The highest BCUT2D eigenvalue weighted by molar-refractivity contribution is 6.30. The zero-order valence-corrected chi connectivity index (χ0v) is 16.0. The Hall–Kier alpha value is -3.13. The van der Waals surface area contributed by atoms with Gasteiger partial charge >= 0.3 is 0 Å². The van der Waals surface area contributed by atoms with Crippen molar-refractivity contribution in [1.29, 1.82) is 0 Å². The largest absolute Gasteiger partial charge is 0.493 e. The number of carbonyl (C=O) groups excluding carboxylic acids is 2. The summed E-state index contributed by atoms with van der Waals surface area (Å²) in [5.41, 5.74) is 1.32. The second kappa shape index (κ2) is 7.12. The van der Waals surface area contributed by atoms with E-state index >= 15 is 0 Å². The van der Waals surface area contributed by atoms with Crippen LogP contribution in [0.2, 0.25) is 5.02 Å². The Morgan fingerprint density at radius 2 is 1.71 bits per heavy atom. The lowest BCUT2D eigenvalue weighted by molar-refractivity contribution is -0.123. The molecule has 2 aromatic carbocycles. The minimum atomic E-state index is -0.854. The van der Waals surface area contributed by atoms with E-state index in [1.165, 1.54) is 19.2 Å². The highest BCUT2D eigenvalue weighted by Gasteiger charge is 2.54. The molecule has 8 nitrogen and oxygen atoms in total. The molecule has 28 heavy (non-hydrogen) atoms. The summed E-state index contributed by atoms with van der Waals surface area (Å²) in [5.74, 6) is 0.151. The predicted molar refractivity (Wildman–Crippen MR) is 101 cm³/mol. The van der Waals surface area contributed by atoms with Crippen molar-refractivity contribution in [3.8, 4) is 11.5 Å². The molecule has 0 spiro atoms. The van der Waals surface area contributed by atoms with E-state index in [4.69, 9.17) is 21.1 Å². The van der Waals surface area contributed by atoms with E-state index in [2.05, 4.69) is 10.3 Å². The van der Waals surface area contributed by atoms with Crippen molar-refractivity contribution >= 4 is 29.1 Å². The average Bonchev–Trinajstić information content (AvgIpc) is 3.23. The first-order valence-electron chi connectivity index (χ1n) is 8.55. The molecule has 144 valence electrons. The van der Waals surface area contributed by atoms with Gasteiger partial charge in [-0.3, -0.25) is 14.6 Å². The van der Waals surface area contributed by atoms with Gasteiger partial charge < -0.3 is 9.47 Å². The van der Waals surface area contributed by atoms with Crippen molar-refractivity contribution in [2.75, 3.05) is 19.1 Å². The van der Waals surface area contributed by atoms with Crippen molar-refractivity contribution in [2.24, 2.45) is 10.3 Å². The molecule has 4 rings (SSSR count). The molecule has 2 amide bonds. The van der Waals surface area contributed by atoms with Crippen LogP contribution >= 0.6 is 11.6 Å². The third kappa shape index (κ3) is 2.95. The van der Waals surface area contributed by atoms with Crippen molar-refractivity contribution in [3.63, 3.8) is 0 Å². The SMILES string of the molecule is COc1ccc(N2C(=O)[C@@H]3N=NN(Cc4ccc(Cl)cc4)[C@H]3C2=O)cc1OC. The van der Waals surface area contributed by atoms with Crippen LogP contribution in [-0.4, -0.2) is 43.1 Å². The number of benzene rings is 2. The number of nitrogens with zero attached hydrogens (tertiary/aromatic N) is 4. The molecule has 0 unspecified atom stereocenters. The zero-order valence-electron chi connectivity index (χ0n) is 15.2. The number of hydrogen-bond acceptors (Lipinski definition) is 7. The van der Waals surface area contributed by atoms with Gasteiger partial charge in [-0.1, -0.05) is 29.0 Å². The topological polar surface area (TPSA) is 83.8 Å². The summed E-state index contributed by atoms with van der Waals surface area (Å²) in [4.78, 5) is 27.0. The number of hydrogen-bond donors (Lipinski definition) is 0. The smallest absolute Gasteiger partial charge is 0.263 e. The molecule has 2 aromatic rings. The number of halogens is 1. The lowest BCUT2D eigenvalue weighted by Gasteiger charge is -2.21. The Kier molecular flexibility index (Phi) is 4.64. The Morgan fingerprint density at radius 3 is 2.39 bits per heavy atom. The minimum absolute atomic E-state index is 0.348. The van der Waals surface area contributed by atoms with Crippen LogP contribution in [0, 0.1) is 0 Å². The van der Waals surface area contributed by atoms with Crippen LogP contribution < -0.4 is 14.4 Å². The Morgan fingerprint density at radius 1 is 1.00 bits per heavy atom. The summed E-state index contributed by atoms with van der Waals surface area (Å²) >= 11 is 5.91. The third-order valence-corrected chi connectivity index (χ3v) is 4.99. The quantitative estimate of drug-likeness (QED) is 0.720. The molecule has 0 radical (unpaired) electrons. The van der Waals surface area contributed by atoms with Gasteiger partial charge in [0.25, 0.3) is 11.8 Å². The maximum Gasteiger partial charge on any atom is 0.263 e. The second-order valence-electron chi connectivity index (χ2n) is 6.37. The molecule has 0 aromatic heterocycles. The Balaban J connectivity index is 1.60. The zero-order chi connectivity index (χ0) is 19.8. The predicted octanol–water partition coefficient (Wildman–Crippen LogP) is 2.85. The number of fused-ring (bicyclic) bond motifs is 1. The maximum absolute atomic E-state index is 13.1. The molecule has 0 bridgehead atoms. The van der Waals surface area contributed by atoms with Crippen molar-refractivity contribution in [3.05, 3.63) is 53.1 Å². The van der Waals surface area contributed by atoms with Crippen LogP contribution in [0.4, 0.5) is 5.69 Å². The molecule has 1 saturated heterocycles. The number of methoxy groups -OCH3 is 2. The van der Waals surface area contributed by atoms with Crippen molar-refractivity contribution < 1.29 is 19.1 Å². The molecule has 2 atom stereocenters. The highest BCUT2D eigenvalue weighted by Crippen LogP contribution is 2.37. The molecule has 9 heteroatoms. The fourth-order valence-corrected chi connectivity index (χ4v) is 3.48.